The first kappa shape index (κ1) is 9.02. The molecule has 1 aromatic rings. The van der Waals surface area contributed by atoms with Gasteiger partial charge in [0.25, 0.3) is 0 Å². The van der Waals surface area contributed by atoms with Crippen molar-refractivity contribution in [2.24, 2.45) is 5.92 Å². The number of nitrogens with zero attached hydrogens (tertiary/aromatic N) is 3. The lowest BCUT2D eigenvalue weighted by Gasteiger charge is -2.08. The third kappa shape index (κ3) is 0.862. The maximum Gasteiger partial charge on any atom is 0.361 e. The second kappa shape index (κ2) is 2.27. The number of nitrogens with one attached hydrogen (secondary N) is 1. The standard InChI is InChI=1S/C6H8Cl2N4O/c1-3-5(2,6(3,7)8)12-4(13)9-10-11-12/h3H,1-2H3,(H,9,11,13). The van der Waals surface area contributed by atoms with Gasteiger partial charge in [-0.05, 0) is 17.4 Å². The Hall–Kier alpha value is -0.550. The zero-order chi connectivity index (χ0) is 9.85. The number of hydrogen-bond acceptors (Lipinski definition) is 3. The van der Waals surface area contributed by atoms with Gasteiger partial charge in [-0.1, -0.05) is 30.1 Å². The summed E-state index contributed by atoms with van der Waals surface area (Å²) in [5.41, 5.74) is -1.04. The molecule has 7 heteroatoms. The Bertz CT molecular complexity index is 397. The van der Waals surface area contributed by atoms with E-state index in [0.29, 0.717) is 0 Å². The fraction of sp³-hybridized carbons (Fsp3) is 0.833. The van der Waals surface area contributed by atoms with Crippen molar-refractivity contribution >= 4 is 23.2 Å². The molecule has 1 heterocycles. The van der Waals surface area contributed by atoms with E-state index in [0.717, 1.165) is 0 Å². The summed E-state index contributed by atoms with van der Waals surface area (Å²) in [6, 6.07) is 0. The Morgan fingerprint density at radius 2 is 2.15 bits per heavy atom. The van der Waals surface area contributed by atoms with Crippen LogP contribution in [0.4, 0.5) is 0 Å². The minimum atomic E-state index is -0.937. The van der Waals surface area contributed by atoms with Gasteiger partial charge >= 0.3 is 5.69 Å². The van der Waals surface area contributed by atoms with Crippen LogP contribution in [0, 0.1) is 5.92 Å². The molecule has 1 N–H and O–H groups in total. The summed E-state index contributed by atoms with van der Waals surface area (Å²) in [5, 5.41) is 9.21. The van der Waals surface area contributed by atoms with Crippen molar-refractivity contribution in [3.8, 4) is 0 Å². The van der Waals surface area contributed by atoms with Crippen LogP contribution in [-0.2, 0) is 5.54 Å². The molecule has 0 radical (unpaired) electrons. The van der Waals surface area contributed by atoms with Gasteiger partial charge in [0.1, 0.15) is 9.87 Å². The average molecular weight is 223 g/mol. The van der Waals surface area contributed by atoms with Gasteiger partial charge in [0, 0.05) is 5.92 Å². The van der Waals surface area contributed by atoms with Gasteiger partial charge in [0.15, 0.2) is 0 Å². The molecule has 0 aliphatic heterocycles. The Morgan fingerprint density at radius 1 is 1.62 bits per heavy atom. The van der Waals surface area contributed by atoms with Crippen molar-refractivity contribution in [2.45, 2.75) is 23.7 Å². The molecule has 0 aromatic carbocycles. The predicted molar refractivity (Wildman–Crippen MR) is 47.9 cm³/mol. The van der Waals surface area contributed by atoms with E-state index >= 15 is 0 Å². The number of aromatic nitrogens is 4. The SMILES string of the molecule is CC1C(Cl)(Cl)C1(C)n1nn[nH]c1=O. The van der Waals surface area contributed by atoms with E-state index in [4.69, 9.17) is 23.2 Å². The monoisotopic (exact) mass is 222 g/mol. The number of halogens is 2. The van der Waals surface area contributed by atoms with E-state index in [2.05, 4.69) is 15.5 Å². The number of hydrogen-bond donors (Lipinski definition) is 1. The average Bonchev–Trinajstić information content (AvgIpc) is 2.46. The summed E-state index contributed by atoms with van der Waals surface area (Å²) in [7, 11) is 0. The lowest BCUT2D eigenvalue weighted by Crippen LogP contribution is -2.31. The van der Waals surface area contributed by atoms with Gasteiger partial charge in [-0.2, -0.15) is 4.68 Å². The fourth-order valence-electron chi connectivity index (χ4n) is 1.54. The van der Waals surface area contributed by atoms with Crippen LogP contribution in [0.2, 0.25) is 0 Å². The van der Waals surface area contributed by atoms with Crippen LogP contribution in [0.15, 0.2) is 4.79 Å². The van der Waals surface area contributed by atoms with Crippen molar-refractivity contribution in [3.05, 3.63) is 10.5 Å². The van der Waals surface area contributed by atoms with Crippen LogP contribution in [0.25, 0.3) is 0 Å². The first-order valence-corrected chi connectivity index (χ1v) is 4.56. The quantitative estimate of drug-likeness (QED) is 0.705. The number of H-pyrrole nitrogens is 1. The maximum absolute atomic E-state index is 11.2. The van der Waals surface area contributed by atoms with Gasteiger partial charge in [-0.15, -0.1) is 0 Å². The van der Waals surface area contributed by atoms with E-state index in [1.165, 1.54) is 4.68 Å². The van der Waals surface area contributed by atoms with Crippen LogP contribution in [-0.4, -0.2) is 24.5 Å². The molecule has 1 aliphatic carbocycles. The molecule has 0 spiro atoms. The van der Waals surface area contributed by atoms with Gasteiger partial charge in [-0.3, -0.25) is 0 Å². The first-order valence-electron chi connectivity index (χ1n) is 3.81. The molecular weight excluding hydrogens is 215 g/mol. The van der Waals surface area contributed by atoms with Crippen molar-refractivity contribution in [1.29, 1.82) is 0 Å². The second-order valence-corrected chi connectivity index (χ2v) is 4.80. The van der Waals surface area contributed by atoms with Crippen LogP contribution >= 0.6 is 23.2 Å². The van der Waals surface area contributed by atoms with Crippen molar-refractivity contribution < 1.29 is 0 Å². The first-order chi connectivity index (χ1) is 5.92. The number of rotatable bonds is 1. The molecule has 1 aliphatic rings. The smallest absolute Gasteiger partial charge is 0.244 e. The zero-order valence-corrected chi connectivity index (χ0v) is 8.60. The van der Waals surface area contributed by atoms with Gasteiger partial charge in [0.2, 0.25) is 0 Å². The maximum atomic E-state index is 11.2. The summed E-state index contributed by atoms with van der Waals surface area (Å²) in [6.45, 7) is 3.64. The highest BCUT2D eigenvalue weighted by Gasteiger charge is 2.73. The highest BCUT2D eigenvalue weighted by molar-refractivity contribution is 6.52. The topological polar surface area (TPSA) is 63.6 Å². The summed E-state index contributed by atoms with van der Waals surface area (Å²) < 4.78 is 0.255. The van der Waals surface area contributed by atoms with Crippen molar-refractivity contribution in [3.63, 3.8) is 0 Å². The van der Waals surface area contributed by atoms with Crippen LogP contribution in [0.1, 0.15) is 13.8 Å². The van der Waals surface area contributed by atoms with Gasteiger partial charge < -0.3 is 0 Å². The molecule has 2 atom stereocenters. The van der Waals surface area contributed by atoms with E-state index in [1.807, 2.05) is 6.92 Å². The molecule has 0 saturated heterocycles. The molecule has 2 unspecified atom stereocenters. The molecule has 13 heavy (non-hydrogen) atoms. The summed E-state index contributed by atoms with van der Waals surface area (Å²) >= 11 is 12.0. The molecular formula is C6H8Cl2N4O. The molecule has 72 valence electrons. The predicted octanol–water partition coefficient (Wildman–Crippen LogP) is 0.505. The van der Waals surface area contributed by atoms with Gasteiger partial charge in [0.05, 0.1) is 0 Å². The van der Waals surface area contributed by atoms with Gasteiger partial charge in [-0.25, -0.2) is 9.89 Å². The minimum Gasteiger partial charge on any atom is -0.244 e. The second-order valence-electron chi connectivity index (χ2n) is 3.41. The van der Waals surface area contributed by atoms with E-state index in [-0.39, 0.29) is 5.92 Å². The van der Waals surface area contributed by atoms with Crippen LogP contribution in [0.5, 0.6) is 0 Å². The molecule has 0 bridgehead atoms. The Kier molecular flexibility index (Phi) is 1.58. The van der Waals surface area contributed by atoms with Crippen LogP contribution in [0.3, 0.4) is 0 Å². The Balaban J connectivity index is 2.51. The highest BCUT2D eigenvalue weighted by Crippen LogP contribution is 2.65. The molecule has 2 rings (SSSR count). The van der Waals surface area contributed by atoms with Crippen molar-refractivity contribution in [1.82, 2.24) is 20.2 Å². The summed E-state index contributed by atoms with van der Waals surface area (Å²) in [6.07, 6.45) is 0. The zero-order valence-electron chi connectivity index (χ0n) is 7.08. The van der Waals surface area contributed by atoms with E-state index < -0.39 is 15.6 Å². The molecule has 1 fully saturated rings. The van der Waals surface area contributed by atoms with Crippen molar-refractivity contribution in [2.75, 3.05) is 0 Å². The normalized spacial score (nSPS) is 36.2. The molecule has 1 saturated carbocycles. The fourth-order valence-corrected chi connectivity index (χ4v) is 2.35. The Labute approximate surface area is 84.0 Å². The van der Waals surface area contributed by atoms with E-state index in [1.54, 1.807) is 6.92 Å². The number of tetrazole rings is 1. The summed E-state index contributed by atoms with van der Waals surface area (Å²) in [5.74, 6) is -0.0221. The summed E-state index contributed by atoms with van der Waals surface area (Å²) in [4.78, 5) is 11.2. The molecule has 1 aromatic heterocycles. The largest absolute Gasteiger partial charge is 0.361 e. The molecule has 0 amide bonds. The minimum absolute atomic E-state index is 0.0221. The third-order valence-corrected chi connectivity index (χ3v) is 4.31. The molecule has 5 nitrogen and oxygen atoms in total. The Morgan fingerprint density at radius 3 is 2.46 bits per heavy atom. The lowest BCUT2D eigenvalue weighted by molar-refractivity contribution is 0.411. The highest BCUT2D eigenvalue weighted by atomic mass is 35.5. The number of aromatic amines is 1. The lowest BCUT2D eigenvalue weighted by atomic mass is 10.3. The van der Waals surface area contributed by atoms with Crippen LogP contribution < -0.4 is 5.69 Å². The van der Waals surface area contributed by atoms with E-state index in [9.17, 15) is 4.79 Å². The third-order valence-electron chi connectivity index (χ3n) is 2.89. The number of alkyl halides is 2.